The average Bonchev–Trinajstić information content (AvgIpc) is 2.47. The molecule has 0 spiro atoms. The summed E-state index contributed by atoms with van der Waals surface area (Å²) in [6.45, 7) is 7.87. The summed E-state index contributed by atoms with van der Waals surface area (Å²) in [6, 6.07) is 0. The summed E-state index contributed by atoms with van der Waals surface area (Å²) in [5, 5.41) is 0. The van der Waals surface area contributed by atoms with Gasteiger partial charge in [-0.2, -0.15) is 0 Å². The quantitative estimate of drug-likeness (QED) is 0.243. The predicted octanol–water partition coefficient (Wildman–Crippen LogP) is 5.42. The third kappa shape index (κ3) is 10.2. The molecule has 0 aliphatic rings. The van der Waals surface area contributed by atoms with Crippen molar-refractivity contribution < 1.29 is 9.59 Å². The molecule has 2 nitrogen and oxygen atoms in total. The van der Waals surface area contributed by atoms with Gasteiger partial charge in [0, 0.05) is 12.8 Å². The first kappa shape index (κ1) is 19.8. The Kier molecular flexibility index (Phi) is 13.0. The van der Waals surface area contributed by atoms with Crippen molar-refractivity contribution in [1.82, 2.24) is 0 Å². The molecule has 0 saturated carbocycles. The van der Waals surface area contributed by atoms with E-state index < -0.39 is 0 Å². The van der Waals surface area contributed by atoms with Gasteiger partial charge in [-0.25, -0.2) is 0 Å². The Bertz CT molecular complexity index is 306. The van der Waals surface area contributed by atoms with E-state index >= 15 is 0 Å². The molecule has 0 aliphatic heterocycles. The van der Waals surface area contributed by atoms with Gasteiger partial charge in [0.25, 0.3) is 0 Å². The molecule has 0 aromatic carbocycles. The minimum atomic E-state index is -0.381. The fourth-order valence-corrected chi connectivity index (χ4v) is 2.40. The number of ketones is 2. The smallest absolute Gasteiger partial charge is 0.143 e. The van der Waals surface area contributed by atoms with Gasteiger partial charge >= 0.3 is 0 Å². The SMILES string of the molecule is C=C/C=C/CCC(C(=O)CCCCC)C(=O)CCCCC. The van der Waals surface area contributed by atoms with Gasteiger partial charge in [0.05, 0.1) is 5.92 Å². The monoisotopic (exact) mass is 292 g/mol. The summed E-state index contributed by atoms with van der Waals surface area (Å²) in [5.41, 5.74) is 0. The van der Waals surface area contributed by atoms with Crippen LogP contribution in [0, 0.1) is 5.92 Å². The number of hydrogen-bond donors (Lipinski definition) is 0. The molecule has 2 heteroatoms. The van der Waals surface area contributed by atoms with Crippen LogP contribution in [-0.2, 0) is 9.59 Å². The summed E-state index contributed by atoms with van der Waals surface area (Å²) in [6.07, 6.45) is 14.3. The van der Waals surface area contributed by atoms with Crippen LogP contribution >= 0.6 is 0 Å². The fourth-order valence-electron chi connectivity index (χ4n) is 2.40. The Hall–Kier alpha value is -1.18. The molecule has 0 atom stereocenters. The zero-order valence-electron chi connectivity index (χ0n) is 13.9. The van der Waals surface area contributed by atoms with Crippen molar-refractivity contribution in [1.29, 1.82) is 0 Å². The predicted molar refractivity (Wildman–Crippen MR) is 90.4 cm³/mol. The number of hydrogen-bond acceptors (Lipinski definition) is 2. The maximum atomic E-state index is 12.3. The van der Waals surface area contributed by atoms with Crippen LogP contribution in [0.4, 0.5) is 0 Å². The van der Waals surface area contributed by atoms with Gasteiger partial charge in [0.15, 0.2) is 0 Å². The van der Waals surface area contributed by atoms with Gasteiger partial charge in [-0.15, -0.1) is 0 Å². The number of rotatable bonds is 14. The van der Waals surface area contributed by atoms with Crippen LogP contribution in [-0.4, -0.2) is 11.6 Å². The minimum Gasteiger partial charge on any atom is -0.299 e. The lowest BCUT2D eigenvalue weighted by Crippen LogP contribution is -2.24. The lowest BCUT2D eigenvalue weighted by molar-refractivity contribution is -0.133. The van der Waals surface area contributed by atoms with E-state index in [-0.39, 0.29) is 17.5 Å². The first-order valence-corrected chi connectivity index (χ1v) is 8.50. The van der Waals surface area contributed by atoms with Crippen LogP contribution in [0.15, 0.2) is 24.8 Å². The Morgan fingerprint density at radius 3 is 1.90 bits per heavy atom. The van der Waals surface area contributed by atoms with E-state index in [0.717, 1.165) is 44.9 Å². The van der Waals surface area contributed by atoms with Crippen LogP contribution in [0.2, 0.25) is 0 Å². The summed E-state index contributed by atoms with van der Waals surface area (Å²) in [7, 11) is 0. The summed E-state index contributed by atoms with van der Waals surface area (Å²) in [4.78, 5) is 24.6. The number of carbonyl (C=O) groups is 2. The Labute approximate surface area is 130 Å². The number of allylic oxidation sites excluding steroid dienone is 3. The highest BCUT2D eigenvalue weighted by molar-refractivity contribution is 6.02. The molecule has 0 amide bonds. The molecule has 0 fully saturated rings. The molecule has 0 heterocycles. The Balaban J connectivity index is 4.43. The van der Waals surface area contributed by atoms with Crippen molar-refractivity contribution in [3.05, 3.63) is 24.8 Å². The third-order valence-corrected chi connectivity index (χ3v) is 3.72. The number of Topliss-reactive ketones (excluding diaryl/α,β-unsaturated/α-hetero) is 2. The number of unbranched alkanes of at least 4 members (excludes halogenated alkanes) is 4. The Morgan fingerprint density at radius 1 is 0.952 bits per heavy atom. The highest BCUT2D eigenvalue weighted by Gasteiger charge is 2.24. The van der Waals surface area contributed by atoms with Crippen LogP contribution in [0.5, 0.6) is 0 Å². The lowest BCUT2D eigenvalue weighted by atomic mass is 9.88. The van der Waals surface area contributed by atoms with Crippen LogP contribution < -0.4 is 0 Å². The van der Waals surface area contributed by atoms with Crippen molar-refractivity contribution in [2.24, 2.45) is 5.92 Å². The largest absolute Gasteiger partial charge is 0.299 e. The average molecular weight is 292 g/mol. The normalized spacial score (nSPS) is 11.2. The van der Waals surface area contributed by atoms with Gasteiger partial charge in [-0.05, 0) is 25.7 Å². The molecule has 0 aliphatic carbocycles. The fraction of sp³-hybridized carbons (Fsp3) is 0.684. The van der Waals surface area contributed by atoms with Crippen LogP contribution in [0.3, 0.4) is 0 Å². The summed E-state index contributed by atoms with van der Waals surface area (Å²) >= 11 is 0. The van der Waals surface area contributed by atoms with Crippen LogP contribution in [0.1, 0.15) is 78.1 Å². The van der Waals surface area contributed by atoms with E-state index in [2.05, 4.69) is 20.4 Å². The molecule has 0 aromatic heterocycles. The molecule has 120 valence electrons. The second kappa shape index (κ2) is 13.8. The first-order chi connectivity index (χ1) is 10.2. The van der Waals surface area contributed by atoms with Crippen molar-refractivity contribution in [2.45, 2.75) is 78.1 Å². The van der Waals surface area contributed by atoms with Crippen molar-refractivity contribution in [2.75, 3.05) is 0 Å². The molecular formula is C19H32O2. The van der Waals surface area contributed by atoms with Crippen LogP contribution in [0.25, 0.3) is 0 Å². The van der Waals surface area contributed by atoms with Crippen molar-refractivity contribution >= 4 is 11.6 Å². The molecule has 0 rings (SSSR count). The summed E-state index contributed by atoms with van der Waals surface area (Å²) < 4.78 is 0. The molecule has 0 radical (unpaired) electrons. The van der Waals surface area contributed by atoms with Gasteiger partial charge in [-0.1, -0.05) is 64.3 Å². The molecule has 0 saturated heterocycles. The van der Waals surface area contributed by atoms with Gasteiger partial charge < -0.3 is 0 Å². The van der Waals surface area contributed by atoms with E-state index in [1.54, 1.807) is 6.08 Å². The van der Waals surface area contributed by atoms with Gasteiger partial charge in [0.1, 0.15) is 11.6 Å². The standard InChI is InChI=1S/C19H32O2/c1-4-7-10-13-14-17(18(20)15-11-8-5-2)19(21)16-12-9-6-3/h4,7,10,17H,1,5-6,8-9,11-16H2,2-3H3/b10-7+. The maximum absolute atomic E-state index is 12.3. The van der Waals surface area contributed by atoms with E-state index in [4.69, 9.17) is 0 Å². The first-order valence-electron chi connectivity index (χ1n) is 8.50. The maximum Gasteiger partial charge on any atom is 0.143 e. The highest BCUT2D eigenvalue weighted by atomic mass is 16.1. The molecule has 0 aromatic rings. The zero-order chi connectivity index (χ0) is 15.9. The minimum absolute atomic E-state index is 0.150. The Morgan fingerprint density at radius 2 is 1.48 bits per heavy atom. The van der Waals surface area contributed by atoms with E-state index in [0.29, 0.717) is 19.3 Å². The van der Waals surface area contributed by atoms with Crippen molar-refractivity contribution in [3.8, 4) is 0 Å². The van der Waals surface area contributed by atoms with E-state index in [9.17, 15) is 9.59 Å². The highest BCUT2D eigenvalue weighted by Crippen LogP contribution is 2.18. The second-order valence-electron chi connectivity index (χ2n) is 5.64. The molecule has 21 heavy (non-hydrogen) atoms. The van der Waals surface area contributed by atoms with Crippen molar-refractivity contribution in [3.63, 3.8) is 0 Å². The van der Waals surface area contributed by atoms with E-state index in [1.807, 2.05) is 12.2 Å². The molecule has 0 bridgehead atoms. The molecule has 0 unspecified atom stereocenters. The zero-order valence-corrected chi connectivity index (χ0v) is 13.9. The van der Waals surface area contributed by atoms with E-state index in [1.165, 1.54) is 0 Å². The third-order valence-electron chi connectivity index (χ3n) is 3.72. The summed E-state index contributed by atoms with van der Waals surface area (Å²) in [5.74, 6) is -0.0814. The topological polar surface area (TPSA) is 34.1 Å². The lowest BCUT2D eigenvalue weighted by Gasteiger charge is -2.14. The second-order valence-corrected chi connectivity index (χ2v) is 5.64. The number of carbonyl (C=O) groups excluding carboxylic acids is 2. The van der Waals surface area contributed by atoms with Gasteiger partial charge in [-0.3, -0.25) is 9.59 Å². The van der Waals surface area contributed by atoms with Gasteiger partial charge in [0.2, 0.25) is 0 Å². The molecular weight excluding hydrogens is 260 g/mol. The molecule has 0 N–H and O–H groups in total.